The molecular weight excluding hydrogens is 380 g/mol. The summed E-state index contributed by atoms with van der Waals surface area (Å²) in [5, 5.41) is 12.1. The fraction of sp³-hybridized carbons (Fsp3) is 0. The van der Waals surface area contributed by atoms with Crippen LogP contribution in [0.2, 0.25) is 0 Å². The molecule has 0 fully saturated rings. The van der Waals surface area contributed by atoms with Gasteiger partial charge in [0.15, 0.2) is 0 Å². The number of rotatable bonds is 4. The van der Waals surface area contributed by atoms with Crippen molar-refractivity contribution in [2.45, 2.75) is 0 Å². The van der Waals surface area contributed by atoms with Crippen LogP contribution in [0, 0.1) is 0 Å². The summed E-state index contributed by atoms with van der Waals surface area (Å²) in [4.78, 5) is 0. The van der Waals surface area contributed by atoms with Crippen LogP contribution in [0.1, 0.15) is 22.3 Å². The molecule has 0 unspecified atom stereocenters. The number of tetrazole rings is 1. The molecule has 4 aromatic carbocycles. The van der Waals surface area contributed by atoms with Crippen LogP contribution < -0.4 is 0 Å². The van der Waals surface area contributed by atoms with Crippen LogP contribution in [0.3, 0.4) is 0 Å². The Labute approximate surface area is 181 Å². The van der Waals surface area contributed by atoms with Crippen molar-refractivity contribution < 1.29 is 0 Å². The minimum Gasteiger partial charge on any atom is -0.246 e. The van der Waals surface area contributed by atoms with Crippen LogP contribution in [-0.4, -0.2) is 20.6 Å². The van der Waals surface area contributed by atoms with Crippen LogP contribution in [0.5, 0.6) is 0 Å². The molecule has 0 aliphatic rings. The molecule has 0 spiro atoms. The Balaban J connectivity index is 0.000000407. The van der Waals surface area contributed by atoms with E-state index in [1.54, 1.807) is 0 Å². The van der Waals surface area contributed by atoms with Gasteiger partial charge < -0.3 is 0 Å². The Kier molecular flexibility index (Phi) is 6.74. The second kappa shape index (κ2) is 10.5. The van der Waals surface area contributed by atoms with Gasteiger partial charge in [-0.15, -0.1) is 5.10 Å². The fourth-order valence-corrected chi connectivity index (χ4v) is 3.46. The first-order valence-electron chi connectivity index (χ1n) is 10.1. The number of aromatic nitrogens is 4. The summed E-state index contributed by atoms with van der Waals surface area (Å²) in [7, 11) is 0. The number of aromatic amines is 1. The summed E-state index contributed by atoms with van der Waals surface area (Å²) in [5.74, 6) is 0. The molecule has 4 heteroatoms. The Bertz CT molecular complexity index is 1000. The van der Waals surface area contributed by atoms with E-state index >= 15 is 0 Å². The van der Waals surface area contributed by atoms with Crippen molar-refractivity contribution >= 4 is 11.1 Å². The van der Waals surface area contributed by atoms with Crippen molar-refractivity contribution in [2.24, 2.45) is 0 Å². The lowest BCUT2D eigenvalue weighted by atomic mass is 9.86. The Hall–Kier alpha value is -4.31. The monoisotopic (exact) mass is 402 g/mol. The molecule has 150 valence electrons. The molecule has 0 saturated carbocycles. The zero-order valence-electron chi connectivity index (χ0n) is 17.0. The van der Waals surface area contributed by atoms with E-state index < -0.39 is 0 Å². The first kappa shape index (κ1) is 20.0. The van der Waals surface area contributed by atoms with Crippen molar-refractivity contribution in [1.82, 2.24) is 20.6 Å². The highest BCUT2D eigenvalue weighted by Crippen LogP contribution is 2.36. The second-order valence-corrected chi connectivity index (χ2v) is 6.78. The average Bonchev–Trinajstić information content (AvgIpc) is 3.45. The van der Waals surface area contributed by atoms with Crippen molar-refractivity contribution in [1.29, 1.82) is 0 Å². The Morgan fingerprint density at radius 1 is 0.452 bits per heavy atom. The molecule has 5 rings (SSSR count). The number of nitrogens with one attached hydrogen (secondary N) is 1. The number of hydrogen-bond donors (Lipinski definition) is 1. The highest BCUT2D eigenvalue weighted by atomic mass is 15.5. The van der Waals surface area contributed by atoms with Gasteiger partial charge in [-0.1, -0.05) is 121 Å². The summed E-state index contributed by atoms with van der Waals surface area (Å²) in [6.07, 6.45) is 1.40. The molecule has 0 saturated heterocycles. The van der Waals surface area contributed by atoms with Crippen molar-refractivity contribution in [3.63, 3.8) is 0 Å². The highest BCUT2D eigenvalue weighted by Gasteiger charge is 2.15. The molecule has 0 atom stereocenters. The van der Waals surface area contributed by atoms with Gasteiger partial charge >= 0.3 is 0 Å². The van der Waals surface area contributed by atoms with Crippen LogP contribution in [-0.2, 0) is 0 Å². The van der Waals surface area contributed by atoms with Gasteiger partial charge in [0.2, 0.25) is 0 Å². The van der Waals surface area contributed by atoms with Gasteiger partial charge in [-0.3, -0.25) is 0 Å². The van der Waals surface area contributed by atoms with Gasteiger partial charge in [-0.05, 0) is 43.8 Å². The van der Waals surface area contributed by atoms with E-state index in [-0.39, 0.29) is 0 Å². The molecule has 4 nitrogen and oxygen atoms in total. The molecule has 0 amide bonds. The third kappa shape index (κ3) is 5.19. The molecule has 0 aliphatic heterocycles. The van der Waals surface area contributed by atoms with Crippen LogP contribution in [0.4, 0.5) is 0 Å². The van der Waals surface area contributed by atoms with E-state index in [1.807, 2.05) is 0 Å². The zero-order chi connectivity index (χ0) is 21.1. The maximum absolute atomic E-state index is 3.31. The van der Waals surface area contributed by atoms with Crippen molar-refractivity contribution in [2.75, 3.05) is 0 Å². The van der Waals surface area contributed by atoms with E-state index in [4.69, 9.17) is 0 Å². The largest absolute Gasteiger partial charge is 0.246 e. The van der Waals surface area contributed by atoms with Gasteiger partial charge in [0.1, 0.15) is 6.33 Å². The maximum Gasteiger partial charge on any atom is 0.135 e. The fourth-order valence-electron chi connectivity index (χ4n) is 3.46. The van der Waals surface area contributed by atoms with E-state index in [9.17, 15) is 0 Å². The summed E-state index contributed by atoms with van der Waals surface area (Å²) >= 11 is 0. The summed E-state index contributed by atoms with van der Waals surface area (Å²) in [5.41, 5.74) is 7.40. The Morgan fingerprint density at radius 3 is 0.968 bits per heavy atom. The standard InChI is InChI=1S/C26H20.CH2N4/c1-5-13-21(14-6-1)25(22-15-7-2-8-16-22)26(23-17-9-3-10-18-23)24-19-11-4-12-20-24;1-2-4-5-3-1/h1-20H;1H,(H,2,3,4,5). The van der Waals surface area contributed by atoms with Crippen LogP contribution in [0.25, 0.3) is 11.1 Å². The van der Waals surface area contributed by atoms with Gasteiger partial charge in [0.05, 0.1) is 0 Å². The minimum absolute atomic E-state index is 1.22. The molecule has 1 heterocycles. The normalized spacial score (nSPS) is 9.94. The van der Waals surface area contributed by atoms with Crippen LogP contribution in [0.15, 0.2) is 128 Å². The predicted octanol–water partition coefficient (Wildman–Crippen LogP) is 5.89. The second-order valence-electron chi connectivity index (χ2n) is 6.78. The molecule has 31 heavy (non-hydrogen) atoms. The third-order valence-electron chi connectivity index (χ3n) is 4.77. The number of H-pyrrole nitrogens is 1. The van der Waals surface area contributed by atoms with Gasteiger partial charge in [-0.2, -0.15) is 0 Å². The maximum atomic E-state index is 3.31. The molecule has 0 aliphatic carbocycles. The number of hydrogen-bond acceptors (Lipinski definition) is 3. The van der Waals surface area contributed by atoms with Crippen molar-refractivity contribution in [3.05, 3.63) is 150 Å². The molecule has 0 radical (unpaired) electrons. The Morgan fingerprint density at radius 2 is 0.774 bits per heavy atom. The zero-order valence-corrected chi connectivity index (χ0v) is 17.0. The lowest BCUT2D eigenvalue weighted by molar-refractivity contribution is 0.881. The van der Waals surface area contributed by atoms with Crippen molar-refractivity contribution in [3.8, 4) is 0 Å². The predicted molar refractivity (Wildman–Crippen MR) is 125 cm³/mol. The average molecular weight is 403 g/mol. The minimum atomic E-state index is 1.22. The first-order valence-corrected chi connectivity index (χ1v) is 10.1. The lowest BCUT2D eigenvalue weighted by Gasteiger charge is -2.18. The molecule has 0 bridgehead atoms. The van der Waals surface area contributed by atoms with E-state index in [2.05, 4.69) is 142 Å². The summed E-state index contributed by atoms with van der Waals surface area (Å²) in [6.45, 7) is 0. The van der Waals surface area contributed by atoms with Crippen LogP contribution >= 0.6 is 0 Å². The van der Waals surface area contributed by atoms with E-state index in [0.717, 1.165) is 0 Å². The summed E-state index contributed by atoms with van der Waals surface area (Å²) in [6, 6.07) is 42.6. The molecular formula is C27H22N4. The third-order valence-corrected chi connectivity index (χ3v) is 4.77. The topological polar surface area (TPSA) is 54.5 Å². The highest BCUT2D eigenvalue weighted by molar-refractivity contribution is 6.04. The van der Waals surface area contributed by atoms with Gasteiger partial charge in [0.25, 0.3) is 0 Å². The summed E-state index contributed by atoms with van der Waals surface area (Å²) < 4.78 is 0. The SMILES string of the molecule is c1ccc(C(=C(c2ccccc2)c2ccccc2)c2ccccc2)cc1.c1nnn[nH]1. The number of benzene rings is 4. The smallest absolute Gasteiger partial charge is 0.135 e. The lowest BCUT2D eigenvalue weighted by Crippen LogP contribution is -1.97. The van der Waals surface area contributed by atoms with E-state index in [0.29, 0.717) is 0 Å². The number of nitrogens with zero attached hydrogens (tertiary/aromatic N) is 3. The molecule has 1 aromatic heterocycles. The van der Waals surface area contributed by atoms with Gasteiger partial charge in [-0.25, -0.2) is 5.10 Å². The molecule has 1 N–H and O–H groups in total. The van der Waals surface area contributed by atoms with Gasteiger partial charge in [0, 0.05) is 0 Å². The first-order chi connectivity index (χ1) is 15.4. The molecule has 5 aromatic rings. The quantitative estimate of drug-likeness (QED) is 0.381. The van der Waals surface area contributed by atoms with E-state index in [1.165, 1.54) is 39.7 Å².